The maximum atomic E-state index is 11.6. The molecule has 0 aromatic carbocycles. The molecule has 0 bridgehead atoms. The van der Waals surface area contributed by atoms with E-state index in [1.54, 1.807) is 0 Å². The van der Waals surface area contributed by atoms with Crippen molar-refractivity contribution in [1.29, 1.82) is 0 Å². The SMILES string of the molecule is C=CC1(C)CCC[C@@H](C)C1=O. The van der Waals surface area contributed by atoms with Gasteiger partial charge in [0, 0.05) is 11.3 Å². The van der Waals surface area contributed by atoms with Gasteiger partial charge in [-0.25, -0.2) is 0 Å². The lowest BCUT2D eigenvalue weighted by molar-refractivity contribution is -0.131. The fourth-order valence-electron chi connectivity index (χ4n) is 1.80. The Kier molecular flexibility index (Phi) is 2.17. The van der Waals surface area contributed by atoms with Gasteiger partial charge in [0.15, 0.2) is 0 Å². The zero-order valence-electron chi connectivity index (χ0n) is 7.39. The molecule has 0 radical (unpaired) electrons. The number of hydrogen-bond acceptors (Lipinski definition) is 1. The number of allylic oxidation sites excluding steroid dienone is 1. The van der Waals surface area contributed by atoms with Crippen LogP contribution < -0.4 is 0 Å². The van der Waals surface area contributed by atoms with Crippen LogP contribution in [0, 0.1) is 11.3 Å². The topological polar surface area (TPSA) is 17.1 Å². The van der Waals surface area contributed by atoms with Gasteiger partial charge in [-0.05, 0) is 19.8 Å². The maximum absolute atomic E-state index is 11.6. The second-order valence-corrected chi connectivity index (χ2v) is 3.78. The van der Waals surface area contributed by atoms with Gasteiger partial charge in [-0.2, -0.15) is 0 Å². The molecule has 0 aromatic rings. The van der Waals surface area contributed by atoms with Crippen molar-refractivity contribution in [3.8, 4) is 0 Å². The van der Waals surface area contributed by atoms with Crippen molar-refractivity contribution in [2.45, 2.75) is 33.1 Å². The molecule has 0 heterocycles. The van der Waals surface area contributed by atoms with Gasteiger partial charge in [-0.3, -0.25) is 4.79 Å². The largest absolute Gasteiger partial charge is 0.298 e. The van der Waals surface area contributed by atoms with E-state index in [2.05, 4.69) is 6.58 Å². The Bertz CT molecular complexity index is 183. The molecule has 11 heavy (non-hydrogen) atoms. The van der Waals surface area contributed by atoms with Crippen LogP contribution in [0.2, 0.25) is 0 Å². The molecule has 0 amide bonds. The number of rotatable bonds is 1. The molecule has 62 valence electrons. The highest BCUT2D eigenvalue weighted by Gasteiger charge is 2.36. The lowest BCUT2D eigenvalue weighted by Crippen LogP contribution is -2.34. The molecule has 1 rings (SSSR count). The second kappa shape index (κ2) is 2.80. The summed E-state index contributed by atoms with van der Waals surface area (Å²) in [5.41, 5.74) is -0.225. The zero-order valence-corrected chi connectivity index (χ0v) is 7.39. The van der Waals surface area contributed by atoms with Crippen molar-refractivity contribution in [2.24, 2.45) is 11.3 Å². The van der Waals surface area contributed by atoms with E-state index in [1.165, 1.54) is 0 Å². The molecular formula is C10H16O. The summed E-state index contributed by atoms with van der Waals surface area (Å²) in [6, 6.07) is 0. The van der Waals surface area contributed by atoms with Crippen LogP contribution in [0.4, 0.5) is 0 Å². The Balaban J connectivity index is 2.80. The van der Waals surface area contributed by atoms with Gasteiger partial charge >= 0.3 is 0 Å². The van der Waals surface area contributed by atoms with Crippen molar-refractivity contribution in [2.75, 3.05) is 0 Å². The van der Waals surface area contributed by atoms with Crippen molar-refractivity contribution in [1.82, 2.24) is 0 Å². The first-order valence-electron chi connectivity index (χ1n) is 4.28. The van der Waals surface area contributed by atoms with Crippen LogP contribution in [0.3, 0.4) is 0 Å². The quantitative estimate of drug-likeness (QED) is 0.528. The molecule has 0 N–H and O–H groups in total. The minimum absolute atomic E-state index is 0.225. The minimum Gasteiger partial charge on any atom is -0.298 e. The summed E-state index contributed by atoms with van der Waals surface area (Å²) < 4.78 is 0. The van der Waals surface area contributed by atoms with Crippen LogP contribution in [0.15, 0.2) is 12.7 Å². The van der Waals surface area contributed by atoms with Crippen LogP contribution in [-0.2, 0) is 4.79 Å². The molecule has 0 aromatic heterocycles. The summed E-state index contributed by atoms with van der Waals surface area (Å²) in [4.78, 5) is 11.6. The lowest BCUT2D eigenvalue weighted by Gasteiger charge is -2.32. The molecule has 2 atom stereocenters. The molecule has 1 aliphatic rings. The number of hydrogen-bond donors (Lipinski definition) is 0. The normalized spacial score (nSPS) is 38.7. The van der Waals surface area contributed by atoms with Crippen LogP contribution in [-0.4, -0.2) is 5.78 Å². The van der Waals surface area contributed by atoms with Gasteiger partial charge in [0.25, 0.3) is 0 Å². The fourth-order valence-corrected chi connectivity index (χ4v) is 1.80. The van der Waals surface area contributed by atoms with E-state index in [1.807, 2.05) is 19.9 Å². The molecule has 1 fully saturated rings. The lowest BCUT2D eigenvalue weighted by atomic mass is 9.70. The van der Waals surface area contributed by atoms with Gasteiger partial charge in [0.1, 0.15) is 5.78 Å². The van der Waals surface area contributed by atoms with Gasteiger partial charge in [0.2, 0.25) is 0 Å². The summed E-state index contributed by atoms with van der Waals surface area (Å²) in [5.74, 6) is 0.616. The number of carbonyl (C=O) groups is 1. The van der Waals surface area contributed by atoms with Crippen LogP contribution in [0.25, 0.3) is 0 Å². The molecule has 0 saturated heterocycles. The zero-order chi connectivity index (χ0) is 8.48. The first-order chi connectivity index (χ1) is 5.10. The van der Waals surface area contributed by atoms with Gasteiger partial charge < -0.3 is 0 Å². The first kappa shape index (κ1) is 8.51. The van der Waals surface area contributed by atoms with Crippen molar-refractivity contribution in [3.05, 3.63) is 12.7 Å². The Morgan fingerprint density at radius 2 is 2.36 bits per heavy atom. The van der Waals surface area contributed by atoms with E-state index < -0.39 is 0 Å². The molecule has 1 unspecified atom stereocenters. The monoisotopic (exact) mass is 152 g/mol. The van der Waals surface area contributed by atoms with Crippen LogP contribution in [0.1, 0.15) is 33.1 Å². The van der Waals surface area contributed by atoms with Gasteiger partial charge in [-0.1, -0.05) is 19.4 Å². The molecule has 1 aliphatic carbocycles. The van der Waals surface area contributed by atoms with Crippen molar-refractivity contribution in [3.63, 3.8) is 0 Å². The van der Waals surface area contributed by atoms with Crippen molar-refractivity contribution < 1.29 is 4.79 Å². The Morgan fingerprint density at radius 1 is 1.73 bits per heavy atom. The maximum Gasteiger partial charge on any atom is 0.145 e. The predicted molar refractivity (Wildman–Crippen MR) is 46.3 cm³/mol. The second-order valence-electron chi connectivity index (χ2n) is 3.78. The molecule has 1 saturated carbocycles. The van der Waals surface area contributed by atoms with Crippen molar-refractivity contribution >= 4 is 5.78 Å². The predicted octanol–water partition coefficient (Wildman–Crippen LogP) is 2.57. The molecular weight excluding hydrogens is 136 g/mol. The Hall–Kier alpha value is -0.590. The summed E-state index contributed by atoms with van der Waals surface area (Å²) in [5, 5.41) is 0. The van der Waals surface area contributed by atoms with Crippen LogP contribution >= 0.6 is 0 Å². The first-order valence-corrected chi connectivity index (χ1v) is 4.28. The highest BCUT2D eigenvalue weighted by molar-refractivity contribution is 5.88. The van der Waals surface area contributed by atoms with E-state index in [0.29, 0.717) is 5.78 Å². The van der Waals surface area contributed by atoms with E-state index in [-0.39, 0.29) is 11.3 Å². The number of Topliss-reactive ketones (excluding diaryl/α,β-unsaturated/α-hetero) is 1. The van der Waals surface area contributed by atoms with Gasteiger partial charge in [0.05, 0.1) is 0 Å². The summed E-state index contributed by atoms with van der Waals surface area (Å²) >= 11 is 0. The average Bonchev–Trinajstić information content (AvgIpc) is 2.00. The third kappa shape index (κ3) is 1.37. The number of carbonyl (C=O) groups excluding carboxylic acids is 1. The minimum atomic E-state index is -0.225. The van der Waals surface area contributed by atoms with Crippen LogP contribution in [0.5, 0.6) is 0 Å². The molecule has 1 heteroatoms. The highest BCUT2D eigenvalue weighted by Crippen LogP contribution is 2.36. The van der Waals surface area contributed by atoms with E-state index in [0.717, 1.165) is 19.3 Å². The molecule has 0 aliphatic heterocycles. The Morgan fingerprint density at radius 3 is 2.82 bits per heavy atom. The van der Waals surface area contributed by atoms with E-state index >= 15 is 0 Å². The summed E-state index contributed by atoms with van der Waals surface area (Å²) in [7, 11) is 0. The Labute approximate surface area is 68.5 Å². The fraction of sp³-hybridized carbons (Fsp3) is 0.700. The third-order valence-electron chi connectivity index (χ3n) is 2.79. The standard InChI is InChI=1S/C10H16O/c1-4-10(3)7-5-6-8(2)9(10)11/h4,8H,1,5-7H2,2-3H3/t8-,10?/m1/s1. The summed E-state index contributed by atoms with van der Waals surface area (Å²) in [6.07, 6.45) is 5.02. The van der Waals surface area contributed by atoms with Gasteiger partial charge in [-0.15, -0.1) is 6.58 Å². The molecule has 1 nitrogen and oxygen atoms in total. The highest BCUT2D eigenvalue weighted by atomic mass is 16.1. The molecule has 0 spiro atoms. The smallest absolute Gasteiger partial charge is 0.145 e. The summed E-state index contributed by atoms with van der Waals surface area (Å²) in [6.45, 7) is 7.74. The number of ketones is 1. The average molecular weight is 152 g/mol. The third-order valence-corrected chi connectivity index (χ3v) is 2.79. The van der Waals surface area contributed by atoms with E-state index in [4.69, 9.17) is 0 Å². The van der Waals surface area contributed by atoms with E-state index in [9.17, 15) is 4.79 Å².